The topological polar surface area (TPSA) is 40.5 Å². The third-order valence-corrected chi connectivity index (χ3v) is 4.96. The molecular weight excluding hydrogens is 258 g/mol. The SMILES string of the molecule is Cc1cc(C(=O)N(C)CC2CCCCC2O)c(C)s1. The van der Waals surface area contributed by atoms with E-state index in [-0.39, 0.29) is 17.9 Å². The van der Waals surface area contributed by atoms with E-state index in [0.29, 0.717) is 6.54 Å². The smallest absolute Gasteiger partial charge is 0.254 e. The molecule has 1 amide bonds. The van der Waals surface area contributed by atoms with Gasteiger partial charge >= 0.3 is 0 Å². The molecule has 1 heterocycles. The summed E-state index contributed by atoms with van der Waals surface area (Å²) in [5.74, 6) is 0.322. The largest absolute Gasteiger partial charge is 0.393 e. The van der Waals surface area contributed by atoms with Crippen LogP contribution in [0.25, 0.3) is 0 Å². The molecule has 0 bridgehead atoms. The number of carbonyl (C=O) groups is 1. The molecule has 106 valence electrons. The van der Waals surface area contributed by atoms with Gasteiger partial charge in [-0.05, 0) is 32.8 Å². The van der Waals surface area contributed by atoms with E-state index >= 15 is 0 Å². The van der Waals surface area contributed by atoms with Crippen LogP contribution in [0.1, 0.15) is 45.8 Å². The van der Waals surface area contributed by atoms with Crippen LogP contribution in [0.3, 0.4) is 0 Å². The number of rotatable bonds is 3. The molecule has 1 aromatic heterocycles. The minimum atomic E-state index is -0.241. The van der Waals surface area contributed by atoms with Crippen LogP contribution in [0.2, 0.25) is 0 Å². The van der Waals surface area contributed by atoms with E-state index in [1.54, 1.807) is 16.2 Å². The van der Waals surface area contributed by atoms with Crippen LogP contribution in [0.15, 0.2) is 6.07 Å². The molecule has 0 aliphatic heterocycles. The van der Waals surface area contributed by atoms with Crippen LogP contribution < -0.4 is 0 Å². The maximum Gasteiger partial charge on any atom is 0.254 e. The number of aliphatic hydroxyl groups excluding tert-OH is 1. The Kier molecular flexibility index (Phi) is 4.63. The van der Waals surface area contributed by atoms with Crippen molar-refractivity contribution >= 4 is 17.2 Å². The highest BCUT2D eigenvalue weighted by atomic mass is 32.1. The molecule has 4 heteroatoms. The van der Waals surface area contributed by atoms with Gasteiger partial charge in [0, 0.05) is 29.3 Å². The number of carbonyl (C=O) groups excluding carboxylic acids is 1. The second kappa shape index (κ2) is 6.06. The molecule has 3 nitrogen and oxygen atoms in total. The van der Waals surface area contributed by atoms with Crippen LogP contribution in [-0.2, 0) is 0 Å². The van der Waals surface area contributed by atoms with Crippen molar-refractivity contribution in [3.63, 3.8) is 0 Å². The Balaban J connectivity index is 2.01. The molecule has 1 aliphatic carbocycles. The molecule has 1 saturated carbocycles. The Labute approximate surface area is 119 Å². The first-order chi connectivity index (χ1) is 8.99. The van der Waals surface area contributed by atoms with Crippen molar-refractivity contribution in [2.24, 2.45) is 5.92 Å². The first-order valence-electron chi connectivity index (χ1n) is 6.99. The average Bonchev–Trinajstić information content (AvgIpc) is 2.70. The van der Waals surface area contributed by atoms with Crippen LogP contribution >= 0.6 is 11.3 Å². The molecule has 0 saturated heterocycles. The van der Waals surface area contributed by atoms with Crippen molar-refractivity contribution in [2.75, 3.05) is 13.6 Å². The lowest BCUT2D eigenvalue weighted by molar-refractivity contribution is 0.0451. The summed E-state index contributed by atoms with van der Waals surface area (Å²) in [5.41, 5.74) is 0.815. The summed E-state index contributed by atoms with van der Waals surface area (Å²) in [6.07, 6.45) is 3.94. The number of hydrogen-bond acceptors (Lipinski definition) is 3. The van der Waals surface area contributed by atoms with Gasteiger partial charge in [0.25, 0.3) is 5.91 Å². The standard InChI is InChI=1S/C15H23NO2S/c1-10-8-13(11(2)19-10)15(18)16(3)9-12-6-4-5-7-14(12)17/h8,12,14,17H,4-7,9H2,1-3H3. The third-order valence-electron chi connectivity index (χ3n) is 4.00. The number of amides is 1. The fraction of sp³-hybridized carbons (Fsp3) is 0.667. The molecular formula is C15H23NO2S. The van der Waals surface area contributed by atoms with E-state index in [0.717, 1.165) is 29.7 Å². The zero-order valence-electron chi connectivity index (χ0n) is 12.0. The Morgan fingerprint density at radius 3 is 2.68 bits per heavy atom. The van der Waals surface area contributed by atoms with Crippen molar-refractivity contribution in [3.05, 3.63) is 21.4 Å². The lowest BCUT2D eigenvalue weighted by atomic mass is 9.86. The fourth-order valence-electron chi connectivity index (χ4n) is 2.88. The minimum absolute atomic E-state index is 0.0830. The predicted molar refractivity (Wildman–Crippen MR) is 78.7 cm³/mol. The molecule has 2 atom stereocenters. The van der Waals surface area contributed by atoms with E-state index in [4.69, 9.17) is 0 Å². The summed E-state index contributed by atoms with van der Waals surface area (Å²) < 4.78 is 0. The number of thiophene rings is 1. The lowest BCUT2D eigenvalue weighted by Gasteiger charge is -2.31. The molecule has 1 aromatic rings. The zero-order chi connectivity index (χ0) is 14.0. The Bertz CT molecular complexity index is 455. The maximum atomic E-state index is 12.4. The first kappa shape index (κ1) is 14.5. The second-order valence-corrected chi connectivity index (χ2v) is 7.08. The van der Waals surface area contributed by atoms with Gasteiger partial charge < -0.3 is 10.0 Å². The van der Waals surface area contributed by atoms with Gasteiger partial charge in [-0.1, -0.05) is 12.8 Å². The predicted octanol–water partition coefficient (Wildman–Crippen LogP) is 2.99. The third kappa shape index (κ3) is 3.37. The average molecular weight is 281 g/mol. The van der Waals surface area contributed by atoms with Crippen molar-refractivity contribution in [2.45, 2.75) is 45.6 Å². The number of hydrogen-bond donors (Lipinski definition) is 1. The molecule has 1 N–H and O–H groups in total. The van der Waals surface area contributed by atoms with Crippen LogP contribution in [-0.4, -0.2) is 35.6 Å². The van der Waals surface area contributed by atoms with Gasteiger partial charge in [-0.2, -0.15) is 0 Å². The summed E-state index contributed by atoms with van der Waals surface area (Å²) in [5, 5.41) is 9.99. The van der Waals surface area contributed by atoms with E-state index in [1.807, 2.05) is 27.0 Å². The van der Waals surface area contributed by atoms with Gasteiger partial charge in [0.05, 0.1) is 11.7 Å². The highest BCUT2D eigenvalue weighted by Crippen LogP contribution is 2.26. The monoisotopic (exact) mass is 281 g/mol. The fourth-order valence-corrected chi connectivity index (χ4v) is 3.80. The summed E-state index contributed by atoms with van der Waals surface area (Å²) in [6, 6.07) is 1.97. The van der Waals surface area contributed by atoms with Crippen molar-refractivity contribution in [3.8, 4) is 0 Å². The van der Waals surface area contributed by atoms with Crippen molar-refractivity contribution < 1.29 is 9.90 Å². The van der Waals surface area contributed by atoms with Gasteiger partial charge in [-0.25, -0.2) is 0 Å². The minimum Gasteiger partial charge on any atom is -0.393 e. The maximum absolute atomic E-state index is 12.4. The van der Waals surface area contributed by atoms with Gasteiger partial charge in [-0.15, -0.1) is 11.3 Å². The summed E-state index contributed by atoms with van der Waals surface area (Å²) in [7, 11) is 1.84. The zero-order valence-corrected chi connectivity index (χ0v) is 12.8. The van der Waals surface area contributed by atoms with E-state index in [2.05, 4.69) is 0 Å². The van der Waals surface area contributed by atoms with Gasteiger partial charge in [0.1, 0.15) is 0 Å². The number of aryl methyl sites for hydroxylation is 2. The second-order valence-electron chi connectivity index (χ2n) is 5.62. The van der Waals surface area contributed by atoms with Gasteiger partial charge in [0.15, 0.2) is 0 Å². The van der Waals surface area contributed by atoms with E-state index in [9.17, 15) is 9.90 Å². The van der Waals surface area contributed by atoms with Crippen LogP contribution in [0.5, 0.6) is 0 Å². The molecule has 2 rings (SSSR count). The molecule has 19 heavy (non-hydrogen) atoms. The number of nitrogens with zero attached hydrogens (tertiary/aromatic N) is 1. The summed E-state index contributed by atoms with van der Waals surface area (Å²) in [4.78, 5) is 16.4. The molecule has 0 radical (unpaired) electrons. The molecule has 0 aromatic carbocycles. The molecule has 1 fully saturated rings. The Hall–Kier alpha value is -0.870. The van der Waals surface area contributed by atoms with Crippen molar-refractivity contribution in [1.29, 1.82) is 0 Å². The normalized spacial score (nSPS) is 23.4. The summed E-state index contributed by atoms with van der Waals surface area (Å²) >= 11 is 1.66. The highest BCUT2D eigenvalue weighted by molar-refractivity contribution is 7.12. The summed E-state index contributed by atoms with van der Waals surface area (Å²) in [6.45, 7) is 4.68. The van der Waals surface area contributed by atoms with E-state index in [1.165, 1.54) is 11.3 Å². The van der Waals surface area contributed by atoms with Gasteiger partial charge in [-0.3, -0.25) is 4.79 Å². The van der Waals surface area contributed by atoms with Gasteiger partial charge in [0.2, 0.25) is 0 Å². The van der Waals surface area contributed by atoms with Crippen molar-refractivity contribution in [1.82, 2.24) is 4.90 Å². The quantitative estimate of drug-likeness (QED) is 0.925. The van der Waals surface area contributed by atoms with Crippen LogP contribution in [0.4, 0.5) is 0 Å². The first-order valence-corrected chi connectivity index (χ1v) is 7.81. The van der Waals surface area contributed by atoms with E-state index < -0.39 is 0 Å². The Morgan fingerprint density at radius 1 is 1.42 bits per heavy atom. The van der Waals surface area contributed by atoms with Crippen LogP contribution in [0, 0.1) is 19.8 Å². The highest BCUT2D eigenvalue weighted by Gasteiger charge is 2.26. The molecule has 1 aliphatic rings. The molecule has 2 unspecified atom stereocenters. The Morgan fingerprint density at radius 2 is 2.11 bits per heavy atom. The lowest BCUT2D eigenvalue weighted by Crippen LogP contribution is -2.38. The molecule has 0 spiro atoms. The number of aliphatic hydroxyl groups is 1.